The van der Waals surface area contributed by atoms with Gasteiger partial charge in [0.05, 0.1) is 5.69 Å². The maximum Gasteiger partial charge on any atom is 0.218 e. The fourth-order valence-corrected chi connectivity index (χ4v) is 4.43. The molecule has 1 aliphatic carbocycles. The van der Waals surface area contributed by atoms with Crippen LogP contribution in [0.25, 0.3) is 28.4 Å². The molecule has 8 heteroatoms. The van der Waals surface area contributed by atoms with E-state index in [-0.39, 0.29) is 7.43 Å². The third kappa shape index (κ3) is 4.49. The third-order valence-corrected chi connectivity index (χ3v) is 5.82. The number of nitrogens with one attached hydrogen (secondary N) is 1. The van der Waals surface area contributed by atoms with Crippen molar-refractivity contribution in [2.45, 2.75) is 53.0 Å². The summed E-state index contributed by atoms with van der Waals surface area (Å²) in [4.78, 5) is 13.9. The molecule has 0 atom stereocenters. The van der Waals surface area contributed by atoms with Gasteiger partial charge in [0.1, 0.15) is 5.52 Å². The Bertz CT molecular complexity index is 1130. The number of halogens is 1. The predicted octanol–water partition coefficient (Wildman–Crippen LogP) is 5.97. The number of hydrogen-bond donors (Lipinski definition) is 1. The molecular weight excluding hydrogens is 454 g/mol. The highest BCUT2D eigenvalue weighted by Gasteiger charge is 2.23. The molecule has 0 spiro atoms. The lowest BCUT2D eigenvalue weighted by molar-refractivity contribution is 0.747. The Morgan fingerprint density at radius 3 is 2.52 bits per heavy atom. The van der Waals surface area contributed by atoms with Crippen LogP contribution in [0.5, 0.6) is 0 Å². The van der Waals surface area contributed by atoms with Gasteiger partial charge in [0, 0.05) is 47.9 Å². The van der Waals surface area contributed by atoms with E-state index in [1.54, 1.807) is 12.4 Å². The van der Waals surface area contributed by atoms with Crippen molar-refractivity contribution in [3.8, 4) is 22.9 Å². The molecule has 1 aliphatic rings. The molecule has 0 unspecified atom stereocenters. The first-order valence-corrected chi connectivity index (χ1v) is 11.2. The van der Waals surface area contributed by atoms with Crippen LogP contribution in [0.15, 0.2) is 47.5 Å². The van der Waals surface area contributed by atoms with E-state index in [0.717, 1.165) is 45.7 Å². The van der Waals surface area contributed by atoms with E-state index in [2.05, 4.69) is 31.2 Å². The summed E-state index contributed by atoms with van der Waals surface area (Å²) in [5.74, 6) is 2.16. The number of pyridine rings is 1. The lowest BCUT2D eigenvalue weighted by atomic mass is 10.1. The quantitative estimate of drug-likeness (QED) is 0.386. The number of hydrogen-bond acceptors (Lipinski definition) is 5. The van der Waals surface area contributed by atoms with Crippen molar-refractivity contribution >= 4 is 27.3 Å². The van der Waals surface area contributed by atoms with Crippen LogP contribution in [0, 0.1) is 0 Å². The maximum atomic E-state index is 4.89. The zero-order valence-corrected chi connectivity index (χ0v) is 19.1. The van der Waals surface area contributed by atoms with Crippen molar-refractivity contribution in [3.63, 3.8) is 0 Å². The first-order chi connectivity index (χ1) is 14.7. The molecule has 0 amide bonds. The van der Waals surface area contributed by atoms with Crippen molar-refractivity contribution in [1.82, 2.24) is 29.1 Å². The molecule has 1 N–H and O–H groups in total. The van der Waals surface area contributed by atoms with E-state index in [9.17, 15) is 0 Å². The minimum absolute atomic E-state index is 0. The molecule has 1 saturated carbocycles. The van der Waals surface area contributed by atoms with E-state index >= 15 is 0 Å². The van der Waals surface area contributed by atoms with Gasteiger partial charge in [0.25, 0.3) is 0 Å². The number of aryl methyl sites for hydroxylation is 1. The Hall–Kier alpha value is -2.74. The summed E-state index contributed by atoms with van der Waals surface area (Å²) in [6.07, 6.45) is 12.3. The minimum atomic E-state index is 0. The maximum absolute atomic E-state index is 4.89. The van der Waals surface area contributed by atoms with E-state index in [1.165, 1.54) is 12.8 Å². The SMILES string of the molecule is C.CC.Cn1ccnc1-c1nc(NC2CCCC2)c2c(-c3ccccn3)c(Br)cn2n1. The van der Waals surface area contributed by atoms with Gasteiger partial charge in [-0.3, -0.25) is 4.98 Å². The Morgan fingerprint density at radius 1 is 1.10 bits per heavy atom. The molecule has 0 bridgehead atoms. The molecular formula is C23H30BrN7. The van der Waals surface area contributed by atoms with Crippen LogP contribution in [0.2, 0.25) is 0 Å². The van der Waals surface area contributed by atoms with Crippen LogP contribution in [0.3, 0.4) is 0 Å². The van der Waals surface area contributed by atoms with Gasteiger partial charge < -0.3 is 9.88 Å². The van der Waals surface area contributed by atoms with E-state index in [4.69, 9.17) is 10.1 Å². The van der Waals surface area contributed by atoms with Crippen LogP contribution >= 0.6 is 15.9 Å². The summed E-state index contributed by atoms with van der Waals surface area (Å²) in [5, 5.41) is 8.42. The fraction of sp³-hybridized carbons (Fsp3) is 0.391. The fourth-order valence-electron chi connectivity index (χ4n) is 3.85. The van der Waals surface area contributed by atoms with Crippen molar-refractivity contribution in [2.75, 3.05) is 5.32 Å². The molecule has 0 aliphatic heterocycles. The average molecular weight is 484 g/mol. The van der Waals surface area contributed by atoms with Gasteiger partial charge in [0.2, 0.25) is 5.82 Å². The van der Waals surface area contributed by atoms with E-state index in [1.807, 2.05) is 60.6 Å². The average Bonchev–Trinajstić information content (AvgIpc) is 3.50. The molecule has 4 aromatic heterocycles. The Morgan fingerprint density at radius 2 is 1.87 bits per heavy atom. The Labute approximate surface area is 192 Å². The highest BCUT2D eigenvalue weighted by atomic mass is 79.9. The van der Waals surface area contributed by atoms with Crippen LogP contribution in [-0.4, -0.2) is 35.2 Å². The van der Waals surface area contributed by atoms with Crippen molar-refractivity contribution in [1.29, 1.82) is 0 Å². The summed E-state index contributed by atoms with van der Waals surface area (Å²) < 4.78 is 4.74. The van der Waals surface area contributed by atoms with Gasteiger partial charge in [0.15, 0.2) is 11.6 Å². The number of nitrogens with zero attached hydrogens (tertiary/aromatic N) is 6. The molecule has 1 fully saturated rings. The van der Waals surface area contributed by atoms with Gasteiger partial charge in [-0.25, -0.2) is 14.5 Å². The number of fused-ring (bicyclic) bond motifs is 1. The van der Waals surface area contributed by atoms with E-state index in [0.29, 0.717) is 11.9 Å². The molecule has 164 valence electrons. The molecule has 4 heterocycles. The van der Waals surface area contributed by atoms with E-state index < -0.39 is 0 Å². The molecule has 5 rings (SSSR count). The van der Waals surface area contributed by atoms with Crippen molar-refractivity contribution in [3.05, 3.63) is 47.5 Å². The third-order valence-electron chi connectivity index (χ3n) is 5.22. The Balaban J connectivity index is 0.000000883. The molecule has 0 radical (unpaired) electrons. The smallest absolute Gasteiger partial charge is 0.218 e. The van der Waals surface area contributed by atoms with Crippen LogP contribution < -0.4 is 5.32 Å². The van der Waals surface area contributed by atoms with Crippen molar-refractivity contribution in [2.24, 2.45) is 7.05 Å². The largest absolute Gasteiger partial charge is 0.365 e. The molecule has 7 nitrogen and oxygen atoms in total. The Kier molecular flexibility index (Phi) is 7.43. The van der Waals surface area contributed by atoms with Gasteiger partial charge in [-0.05, 0) is 40.9 Å². The summed E-state index contributed by atoms with van der Waals surface area (Å²) in [6.45, 7) is 4.00. The van der Waals surface area contributed by atoms with Crippen LogP contribution in [-0.2, 0) is 7.05 Å². The highest BCUT2D eigenvalue weighted by molar-refractivity contribution is 9.10. The van der Waals surface area contributed by atoms with Crippen LogP contribution in [0.1, 0.15) is 47.0 Å². The monoisotopic (exact) mass is 483 g/mol. The number of anilines is 1. The second-order valence-corrected chi connectivity index (χ2v) is 7.99. The lowest BCUT2D eigenvalue weighted by Crippen LogP contribution is -2.17. The van der Waals surface area contributed by atoms with Gasteiger partial charge >= 0.3 is 0 Å². The van der Waals surface area contributed by atoms with Gasteiger partial charge in [-0.2, -0.15) is 0 Å². The topological polar surface area (TPSA) is 72.9 Å². The molecule has 0 saturated heterocycles. The minimum Gasteiger partial charge on any atom is -0.365 e. The number of rotatable bonds is 4. The first kappa shape index (κ1) is 22.9. The van der Waals surface area contributed by atoms with Gasteiger partial charge in [-0.1, -0.05) is 40.2 Å². The summed E-state index contributed by atoms with van der Waals surface area (Å²) in [7, 11) is 1.95. The highest BCUT2D eigenvalue weighted by Crippen LogP contribution is 2.37. The second kappa shape index (κ2) is 10.0. The number of imidazole rings is 1. The zero-order valence-electron chi connectivity index (χ0n) is 17.5. The molecule has 0 aromatic carbocycles. The first-order valence-electron chi connectivity index (χ1n) is 10.5. The zero-order chi connectivity index (χ0) is 21.1. The van der Waals surface area contributed by atoms with Gasteiger partial charge in [-0.15, -0.1) is 5.10 Å². The lowest BCUT2D eigenvalue weighted by Gasteiger charge is -2.15. The number of aromatic nitrogens is 6. The molecule has 31 heavy (non-hydrogen) atoms. The standard InChI is InChI=1S/C20H20BrN7.C2H6.CH4/c1-27-11-10-23-20(27)19-25-18(24-13-6-2-3-7-13)17-16(14(21)12-28(17)26-19)15-8-4-5-9-22-15;1-2;/h4-5,8-13H,2-3,6-7H2,1H3,(H,24,25,26);1-2H3;1H4. The second-order valence-electron chi connectivity index (χ2n) is 7.13. The normalized spacial score (nSPS) is 13.5. The van der Waals surface area contributed by atoms with Crippen LogP contribution in [0.4, 0.5) is 5.82 Å². The summed E-state index contributed by atoms with van der Waals surface area (Å²) in [5.41, 5.74) is 2.81. The summed E-state index contributed by atoms with van der Waals surface area (Å²) in [6, 6.07) is 6.35. The molecule has 4 aromatic rings. The van der Waals surface area contributed by atoms with Crippen molar-refractivity contribution < 1.29 is 0 Å². The predicted molar refractivity (Wildman–Crippen MR) is 130 cm³/mol. The summed E-state index contributed by atoms with van der Waals surface area (Å²) >= 11 is 3.70.